The van der Waals surface area contributed by atoms with Crippen molar-refractivity contribution in [3.8, 4) is 10.7 Å². The van der Waals surface area contributed by atoms with Gasteiger partial charge < -0.3 is 5.32 Å². The molecule has 0 bridgehead atoms. The molecule has 0 aromatic carbocycles. The van der Waals surface area contributed by atoms with Crippen LogP contribution in [-0.2, 0) is 4.79 Å². The van der Waals surface area contributed by atoms with E-state index in [2.05, 4.69) is 25.5 Å². The van der Waals surface area contributed by atoms with Crippen LogP contribution in [0, 0.1) is 5.92 Å². The molecule has 0 saturated heterocycles. The molecule has 0 aliphatic heterocycles. The van der Waals surface area contributed by atoms with Crippen LogP contribution in [0.4, 0.5) is 5.13 Å². The SMILES string of the molecule is O=C(Nc1nnc(-c2ccccn2)s1)[C@H]1C[C@H]1c1cccnc1. The highest BCUT2D eigenvalue weighted by atomic mass is 32.1. The van der Waals surface area contributed by atoms with E-state index in [1.807, 2.05) is 36.5 Å². The van der Waals surface area contributed by atoms with Crippen molar-refractivity contribution in [3.63, 3.8) is 0 Å². The summed E-state index contributed by atoms with van der Waals surface area (Å²) in [4.78, 5) is 20.6. The lowest BCUT2D eigenvalue weighted by atomic mass is 10.1. The Kier molecular flexibility index (Phi) is 3.55. The molecule has 0 spiro atoms. The molecule has 1 aliphatic rings. The van der Waals surface area contributed by atoms with Gasteiger partial charge in [-0.1, -0.05) is 23.5 Å². The largest absolute Gasteiger partial charge is 0.300 e. The Morgan fingerprint density at radius 2 is 2.13 bits per heavy atom. The minimum absolute atomic E-state index is 0.0115. The van der Waals surface area contributed by atoms with E-state index < -0.39 is 0 Å². The summed E-state index contributed by atoms with van der Waals surface area (Å²) in [5, 5.41) is 12.2. The van der Waals surface area contributed by atoms with Gasteiger partial charge in [0.1, 0.15) is 5.69 Å². The molecule has 23 heavy (non-hydrogen) atoms. The number of nitrogens with zero attached hydrogens (tertiary/aromatic N) is 4. The van der Waals surface area contributed by atoms with Gasteiger partial charge in [0.15, 0.2) is 5.01 Å². The summed E-state index contributed by atoms with van der Waals surface area (Å²) < 4.78 is 0. The summed E-state index contributed by atoms with van der Waals surface area (Å²) in [6.07, 6.45) is 6.12. The van der Waals surface area contributed by atoms with Crippen molar-refractivity contribution in [1.82, 2.24) is 20.2 Å². The third-order valence-electron chi connectivity index (χ3n) is 3.78. The minimum Gasteiger partial charge on any atom is -0.300 e. The molecular formula is C16H13N5OS. The van der Waals surface area contributed by atoms with Crippen LogP contribution in [0.2, 0.25) is 0 Å². The first-order valence-corrected chi connectivity index (χ1v) is 8.08. The minimum atomic E-state index is -0.0126. The first-order chi connectivity index (χ1) is 11.3. The van der Waals surface area contributed by atoms with Gasteiger partial charge in [0, 0.05) is 24.5 Å². The maximum atomic E-state index is 12.3. The van der Waals surface area contributed by atoms with Gasteiger partial charge in [0.25, 0.3) is 0 Å². The van der Waals surface area contributed by atoms with E-state index in [-0.39, 0.29) is 17.7 Å². The third kappa shape index (κ3) is 2.95. The fourth-order valence-corrected chi connectivity index (χ4v) is 3.24. The Morgan fingerprint density at radius 1 is 1.17 bits per heavy atom. The third-order valence-corrected chi connectivity index (χ3v) is 4.64. The predicted octanol–water partition coefficient (Wildman–Crippen LogP) is 2.74. The molecule has 3 aromatic rings. The van der Waals surface area contributed by atoms with Crippen molar-refractivity contribution in [1.29, 1.82) is 0 Å². The molecule has 1 saturated carbocycles. The Balaban J connectivity index is 1.42. The first-order valence-electron chi connectivity index (χ1n) is 7.27. The number of amides is 1. The van der Waals surface area contributed by atoms with E-state index in [1.54, 1.807) is 12.4 Å². The zero-order valence-corrected chi connectivity index (χ0v) is 12.9. The molecule has 1 amide bonds. The van der Waals surface area contributed by atoms with Gasteiger partial charge in [-0.2, -0.15) is 0 Å². The van der Waals surface area contributed by atoms with Gasteiger partial charge in [-0.25, -0.2) is 0 Å². The van der Waals surface area contributed by atoms with Crippen LogP contribution >= 0.6 is 11.3 Å². The molecule has 4 rings (SSSR count). The molecule has 3 heterocycles. The lowest BCUT2D eigenvalue weighted by Crippen LogP contribution is -2.14. The number of rotatable bonds is 4. The van der Waals surface area contributed by atoms with Crippen molar-refractivity contribution in [2.45, 2.75) is 12.3 Å². The van der Waals surface area contributed by atoms with E-state index in [0.717, 1.165) is 17.7 Å². The fraction of sp³-hybridized carbons (Fsp3) is 0.188. The highest BCUT2D eigenvalue weighted by Crippen LogP contribution is 2.47. The monoisotopic (exact) mass is 323 g/mol. The molecule has 0 unspecified atom stereocenters. The summed E-state index contributed by atoms with van der Waals surface area (Å²) in [5.41, 5.74) is 1.87. The molecule has 2 atom stereocenters. The standard InChI is InChI=1S/C16H13N5OS/c22-14(12-8-11(12)10-4-3-6-17-9-10)19-16-21-20-15(23-16)13-5-1-2-7-18-13/h1-7,9,11-12H,8H2,(H,19,21,22)/t11-,12-/m0/s1. The normalized spacial score (nSPS) is 19.3. The van der Waals surface area contributed by atoms with Gasteiger partial charge in [0.05, 0.1) is 0 Å². The summed E-state index contributed by atoms with van der Waals surface area (Å²) in [6, 6.07) is 9.51. The van der Waals surface area contributed by atoms with E-state index in [0.29, 0.717) is 10.1 Å². The number of anilines is 1. The molecule has 6 nitrogen and oxygen atoms in total. The fourth-order valence-electron chi connectivity index (χ4n) is 2.51. The average molecular weight is 323 g/mol. The Morgan fingerprint density at radius 3 is 2.91 bits per heavy atom. The van der Waals surface area contributed by atoms with Gasteiger partial charge in [-0.15, -0.1) is 10.2 Å². The Bertz CT molecular complexity index is 821. The van der Waals surface area contributed by atoms with Gasteiger partial charge >= 0.3 is 0 Å². The summed E-state index contributed by atoms with van der Waals surface area (Å²) in [7, 11) is 0. The zero-order valence-electron chi connectivity index (χ0n) is 12.1. The van der Waals surface area contributed by atoms with Crippen molar-refractivity contribution in [3.05, 3.63) is 54.5 Å². The summed E-state index contributed by atoms with van der Waals surface area (Å²) in [5.74, 6) is 0.232. The van der Waals surface area contributed by atoms with E-state index >= 15 is 0 Å². The summed E-state index contributed by atoms with van der Waals surface area (Å²) >= 11 is 1.33. The molecule has 1 aliphatic carbocycles. The van der Waals surface area contributed by atoms with Crippen LogP contribution in [0.15, 0.2) is 48.9 Å². The molecule has 1 N–H and O–H groups in total. The molecule has 1 fully saturated rings. The van der Waals surface area contributed by atoms with E-state index in [9.17, 15) is 4.79 Å². The number of aromatic nitrogens is 4. The van der Waals surface area contributed by atoms with Crippen molar-refractivity contribution < 1.29 is 4.79 Å². The summed E-state index contributed by atoms with van der Waals surface area (Å²) in [6.45, 7) is 0. The number of carbonyl (C=O) groups excluding carboxylic acids is 1. The lowest BCUT2D eigenvalue weighted by molar-refractivity contribution is -0.117. The van der Waals surface area contributed by atoms with Crippen LogP contribution in [-0.4, -0.2) is 26.1 Å². The molecule has 114 valence electrons. The molecular weight excluding hydrogens is 310 g/mol. The van der Waals surface area contributed by atoms with Crippen molar-refractivity contribution >= 4 is 22.4 Å². The second kappa shape index (κ2) is 5.85. The van der Waals surface area contributed by atoms with Crippen LogP contribution < -0.4 is 5.32 Å². The van der Waals surface area contributed by atoms with Crippen LogP contribution in [0.5, 0.6) is 0 Å². The molecule has 0 radical (unpaired) electrons. The number of nitrogens with one attached hydrogen (secondary N) is 1. The number of pyridine rings is 2. The second-order valence-corrected chi connectivity index (χ2v) is 6.33. The van der Waals surface area contributed by atoms with E-state index in [4.69, 9.17) is 0 Å². The maximum Gasteiger partial charge on any atom is 0.229 e. The van der Waals surface area contributed by atoms with E-state index in [1.165, 1.54) is 11.3 Å². The smallest absolute Gasteiger partial charge is 0.229 e. The molecule has 3 aromatic heterocycles. The number of hydrogen-bond acceptors (Lipinski definition) is 6. The van der Waals surface area contributed by atoms with Gasteiger partial charge in [0.2, 0.25) is 11.0 Å². The zero-order chi connectivity index (χ0) is 15.6. The average Bonchev–Trinajstić information content (AvgIpc) is 3.29. The van der Waals surface area contributed by atoms with Crippen LogP contribution in [0.1, 0.15) is 17.9 Å². The first kappa shape index (κ1) is 14.0. The van der Waals surface area contributed by atoms with Gasteiger partial charge in [-0.05, 0) is 36.1 Å². The quantitative estimate of drug-likeness (QED) is 0.798. The van der Waals surface area contributed by atoms with Crippen molar-refractivity contribution in [2.75, 3.05) is 5.32 Å². The van der Waals surface area contributed by atoms with Crippen LogP contribution in [0.25, 0.3) is 10.7 Å². The predicted molar refractivity (Wildman–Crippen MR) is 86.9 cm³/mol. The number of hydrogen-bond donors (Lipinski definition) is 1. The maximum absolute atomic E-state index is 12.3. The molecule has 7 heteroatoms. The number of carbonyl (C=O) groups is 1. The Hall–Kier alpha value is -2.67. The Labute approximate surface area is 136 Å². The lowest BCUT2D eigenvalue weighted by Gasteiger charge is -2.00. The van der Waals surface area contributed by atoms with Crippen molar-refractivity contribution in [2.24, 2.45) is 5.92 Å². The highest BCUT2D eigenvalue weighted by Gasteiger charge is 2.44. The van der Waals surface area contributed by atoms with Gasteiger partial charge in [-0.3, -0.25) is 14.8 Å². The van der Waals surface area contributed by atoms with Crippen LogP contribution in [0.3, 0.4) is 0 Å². The second-order valence-electron chi connectivity index (χ2n) is 5.35. The highest BCUT2D eigenvalue weighted by molar-refractivity contribution is 7.18. The topological polar surface area (TPSA) is 80.7 Å².